The smallest absolute Gasteiger partial charge is 0.329 e. The van der Waals surface area contributed by atoms with E-state index < -0.39 is 108 Å². The van der Waals surface area contributed by atoms with Crippen LogP contribution in [0.25, 0.3) is 0 Å². The molecule has 66 heavy (non-hydrogen) atoms. The van der Waals surface area contributed by atoms with Crippen LogP contribution in [-0.2, 0) is 54.3 Å². The number of aliphatic hydroxyl groups excluding tert-OH is 1. The fourth-order valence-corrected chi connectivity index (χ4v) is 6.91. The number of phenolic OH excluding ortho intramolecular Hbond substituents is 1. The maximum absolute atomic E-state index is 14.5. The first kappa shape index (κ1) is 58.0. The highest BCUT2D eigenvalue weighted by Gasteiger charge is 2.41. The van der Waals surface area contributed by atoms with E-state index in [1.54, 1.807) is 59.8 Å². The number of benzene rings is 1. The first-order valence-corrected chi connectivity index (χ1v) is 22.4. The molecule has 0 spiro atoms. The highest BCUT2D eigenvalue weighted by Crippen LogP contribution is 2.22. The van der Waals surface area contributed by atoms with Gasteiger partial charge in [0.05, 0.1) is 0 Å². The number of ether oxygens (including phenoxy) is 1. The number of rotatable bonds is 28. The van der Waals surface area contributed by atoms with Crippen molar-refractivity contribution >= 4 is 53.7 Å². The molecule has 10 atom stereocenters. The van der Waals surface area contributed by atoms with Gasteiger partial charge in [0, 0.05) is 32.5 Å². The van der Waals surface area contributed by atoms with Crippen molar-refractivity contribution in [2.24, 2.45) is 23.5 Å². The van der Waals surface area contributed by atoms with Crippen molar-refractivity contribution in [3.05, 3.63) is 41.6 Å². The van der Waals surface area contributed by atoms with Crippen LogP contribution >= 0.6 is 0 Å². The molecule has 0 saturated carbocycles. The lowest BCUT2D eigenvalue weighted by Crippen LogP contribution is -2.61. The predicted molar refractivity (Wildman–Crippen MR) is 245 cm³/mol. The molecular formula is C46H74N8O12. The number of primary amides is 1. The summed E-state index contributed by atoms with van der Waals surface area (Å²) in [6, 6.07) is -2.18. The molecule has 1 aromatic carbocycles. The Morgan fingerprint density at radius 1 is 0.788 bits per heavy atom. The molecule has 8 amide bonds. The Bertz CT molecular complexity index is 1860. The van der Waals surface area contributed by atoms with Gasteiger partial charge >= 0.3 is 5.97 Å². The van der Waals surface area contributed by atoms with Gasteiger partial charge in [-0.1, -0.05) is 72.6 Å². The van der Waals surface area contributed by atoms with Crippen LogP contribution in [0.5, 0.6) is 5.75 Å². The first-order valence-electron chi connectivity index (χ1n) is 22.4. The summed E-state index contributed by atoms with van der Waals surface area (Å²) in [6.07, 6.45) is -0.567. The number of hydrogen-bond donors (Lipinski definition) is 8. The second-order valence-corrected chi connectivity index (χ2v) is 17.3. The molecule has 0 bridgehead atoms. The van der Waals surface area contributed by atoms with E-state index in [0.29, 0.717) is 30.5 Å². The molecule has 0 aliphatic rings. The third-order valence-electron chi connectivity index (χ3n) is 11.4. The molecule has 0 aromatic heterocycles. The number of hydrogen-bond acceptors (Lipinski definition) is 12. The van der Waals surface area contributed by atoms with Crippen LogP contribution in [0.4, 0.5) is 0 Å². The van der Waals surface area contributed by atoms with E-state index in [9.17, 15) is 53.4 Å². The first-order chi connectivity index (χ1) is 30.8. The van der Waals surface area contributed by atoms with Crippen LogP contribution in [-0.4, -0.2) is 129 Å². The van der Waals surface area contributed by atoms with Crippen molar-refractivity contribution in [2.45, 2.75) is 163 Å². The summed E-state index contributed by atoms with van der Waals surface area (Å²) < 4.78 is 5.88. The Kier molecular flexibility index (Phi) is 24.7. The fourth-order valence-electron chi connectivity index (χ4n) is 6.91. The van der Waals surface area contributed by atoms with Crippen molar-refractivity contribution in [3.63, 3.8) is 0 Å². The standard InChI is InChI=1S/C46H74N8O12/c1-13-26(6)38(51-43(62)36(23-32-16-18-33(58)19-17-32)53(12)45(64)40(27(7)14-2)54(24-55)31(11)57)46(65)66-29(9)39(52-41(60)34(49-30(10)56)20-21-37(47)59)44(63)50-35(22-25(4)5)42(61)48-28(8)15-3/h15-19,24-27,29,31,34-36,38-40,57-58H,13-14,20-23H2,1-12H3,(H2,47,59)(H,48,61)(H,49,56)(H,50,63)(H,51,62)(H,52,60)/b28-15+/t26?,27?,29-,31+,34+,35+,36+,38+,39+,40+/m1/s1. The number of nitrogens with zero attached hydrogens (tertiary/aromatic N) is 2. The average Bonchev–Trinajstić information content (AvgIpc) is 3.25. The number of amides is 8. The van der Waals surface area contributed by atoms with Gasteiger partial charge in [-0.3, -0.25) is 38.4 Å². The summed E-state index contributed by atoms with van der Waals surface area (Å²) >= 11 is 0. The van der Waals surface area contributed by atoms with E-state index in [4.69, 9.17) is 10.5 Å². The molecule has 20 nitrogen and oxygen atoms in total. The number of aromatic hydroxyl groups is 1. The second kappa shape index (κ2) is 28.1. The quantitative estimate of drug-likeness (QED) is 0.0335. The van der Waals surface area contributed by atoms with Crippen molar-refractivity contribution < 1.29 is 58.1 Å². The minimum Gasteiger partial charge on any atom is -0.508 e. The van der Waals surface area contributed by atoms with Gasteiger partial charge in [0.1, 0.15) is 54.3 Å². The second-order valence-electron chi connectivity index (χ2n) is 17.3. The summed E-state index contributed by atoms with van der Waals surface area (Å²) in [5, 5.41) is 33.4. The highest BCUT2D eigenvalue weighted by atomic mass is 16.5. The van der Waals surface area contributed by atoms with Gasteiger partial charge in [-0.15, -0.1) is 0 Å². The Labute approximate surface area is 388 Å². The van der Waals surface area contributed by atoms with Crippen LogP contribution in [0.15, 0.2) is 36.0 Å². The molecule has 2 unspecified atom stereocenters. The SMILES string of the molecule is C/C=C(\C)NC(=O)[C@H](CC(C)C)NC(=O)[C@@H](NC(=O)[C@H](CCC(N)=O)NC(C)=O)[C@@H](C)OC(=O)[C@@H](NC(=O)[C@H](Cc1ccc(O)cc1)N(C)C(=O)[C@H](C(C)CC)N(C=O)[C@H](C)O)C(C)CC. The Morgan fingerprint density at radius 3 is 1.85 bits per heavy atom. The van der Waals surface area contributed by atoms with Gasteiger partial charge in [0.15, 0.2) is 0 Å². The van der Waals surface area contributed by atoms with E-state index in [2.05, 4.69) is 26.6 Å². The summed E-state index contributed by atoms with van der Waals surface area (Å²) in [4.78, 5) is 122. The molecule has 0 saturated heterocycles. The Hall–Kier alpha value is -6.05. The Morgan fingerprint density at radius 2 is 1.36 bits per heavy atom. The zero-order valence-corrected chi connectivity index (χ0v) is 40.5. The van der Waals surface area contributed by atoms with Crippen LogP contribution in [0.1, 0.15) is 114 Å². The van der Waals surface area contributed by atoms with Crippen molar-refractivity contribution in [1.29, 1.82) is 0 Å². The zero-order chi connectivity index (χ0) is 50.6. The molecule has 0 heterocycles. The number of nitrogens with one attached hydrogen (secondary N) is 5. The summed E-state index contributed by atoms with van der Waals surface area (Å²) in [5.41, 5.74) is 6.35. The van der Waals surface area contributed by atoms with Crippen molar-refractivity contribution in [3.8, 4) is 5.75 Å². The third kappa shape index (κ3) is 18.4. The normalized spacial score (nSPS) is 16.0. The maximum atomic E-state index is 14.5. The number of phenols is 1. The van der Waals surface area contributed by atoms with Gasteiger partial charge in [-0.05, 0) is 76.0 Å². The number of carbonyl (C=O) groups is 9. The number of nitrogens with two attached hydrogens (primary N) is 1. The lowest BCUT2D eigenvalue weighted by molar-refractivity contribution is -0.158. The van der Waals surface area contributed by atoms with Crippen LogP contribution in [0.2, 0.25) is 0 Å². The van der Waals surface area contributed by atoms with Crippen LogP contribution in [0, 0.1) is 17.8 Å². The van der Waals surface area contributed by atoms with E-state index in [0.717, 1.165) is 16.7 Å². The van der Waals surface area contributed by atoms with Gasteiger partial charge < -0.3 is 57.1 Å². The minimum atomic E-state index is -1.71. The largest absolute Gasteiger partial charge is 0.508 e. The summed E-state index contributed by atoms with van der Waals surface area (Å²) in [6.45, 7) is 17.8. The average molecular weight is 931 g/mol. The maximum Gasteiger partial charge on any atom is 0.329 e. The molecule has 0 radical (unpaired) electrons. The lowest BCUT2D eigenvalue weighted by Gasteiger charge is -2.38. The molecule has 9 N–H and O–H groups in total. The van der Waals surface area contributed by atoms with Crippen molar-refractivity contribution in [2.75, 3.05) is 7.05 Å². The molecule has 1 aromatic rings. The molecule has 370 valence electrons. The van der Waals surface area contributed by atoms with Crippen molar-refractivity contribution in [1.82, 2.24) is 36.4 Å². The summed E-state index contributed by atoms with van der Waals surface area (Å²) in [5.74, 6) is -7.53. The monoisotopic (exact) mass is 931 g/mol. The highest BCUT2D eigenvalue weighted by molar-refractivity contribution is 5.96. The molecule has 0 aliphatic heterocycles. The zero-order valence-electron chi connectivity index (χ0n) is 40.5. The number of aliphatic hydroxyl groups is 1. The minimum absolute atomic E-state index is 0.0461. The number of esters is 1. The van der Waals surface area contributed by atoms with Gasteiger partial charge in [0.25, 0.3) is 0 Å². The summed E-state index contributed by atoms with van der Waals surface area (Å²) in [7, 11) is 1.36. The number of carbonyl (C=O) groups excluding carboxylic acids is 9. The lowest BCUT2D eigenvalue weighted by atomic mass is 9.94. The van der Waals surface area contributed by atoms with Gasteiger partial charge in [-0.25, -0.2) is 4.79 Å². The molecule has 0 fully saturated rings. The van der Waals surface area contributed by atoms with Gasteiger partial charge in [-0.2, -0.15) is 0 Å². The van der Waals surface area contributed by atoms with E-state index >= 15 is 0 Å². The predicted octanol–water partition coefficient (Wildman–Crippen LogP) is 1.26. The van der Waals surface area contributed by atoms with Gasteiger partial charge in [0.2, 0.25) is 47.8 Å². The topological polar surface area (TPSA) is 296 Å². The van der Waals surface area contributed by atoms with Crippen LogP contribution < -0.4 is 32.3 Å². The Balaban J connectivity index is 3.80. The van der Waals surface area contributed by atoms with E-state index in [-0.39, 0.29) is 37.4 Å². The number of allylic oxidation sites excluding steroid dienone is 2. The molecule has 0 aliphatic carbocycles. The molecule has 1 rings (SSSR count). The molecular weight excluding hydrogens is 857 g/mol. The third-order valence-corrected chi connectivity index (χ3v) is 11.4. The van der Waals surface area contributed by atoms with E-state index in [1.165, 1.54) is 33.0 Å². The van der Waals surface area contributed by atoms with E-state index in [1.807, 2.05) is 13.8 Å². The molecule has 20 heteroatoms. The fraction of sp³-hybridized carbons (Fsp3) is 0.630. The number of likely N-dealkylation sites (N-methyl/N-ethyl adjacent to an activating group) is 1. The van der Waals surface area contributed by atoms with Crippen LogP contribution in [0.3, 0.4) is 0 Å².